The highest BCUT2D eigenvalue weighted by molar-refractivity contribution is 7.88. The Balaban J connectivity index is 1.59. The number of halogens is 3. The number of alkyl halides is 3. The van der Waals surface area contributed by atoms with Crippen LogP contribution in [0.1, 0.15) is 41.9 Å². The van der Waals surface area contributed by atoms with Crippen molar-refractivity contribution < 1.29 is 30.9 Å². The van der Waals surface area contributed by atoms with E-state index in [4.69, 9.17) is 4.74 Å². The summed E-state index contributed by atoms with van der Waals surface area (Å²) < 4.78 is 77.2. The Kier molecular flexibility index (Phi) is 7.92. The van der Waals surface area contributed by atoms with Crippen LogP contribution in [0.3, 0.4) is 0 Å². The molecule has 3 heterocycles. The van der Waals surface area contributed by atoms with Crippen LogP contribution in [0.2, 0.25) is 0 Å². The molecule has 1 aliphatic heterocycles. The topological polar surface area (TPSA) is 101 Å². The third-order valence-corrected chi connectivity index (χ3v) is 8.90. The maximum Gasteiger partial charge on any atom is 0.418 e. The number of benzene rings is 1. The van der Waals surface area contributed by atoms with Crippen LogP contribution in [-0.2, 0) is 27.5 Å². The summed E-state index contributed by atoms with van der Waals surface area (Å²) in [5.41, 5.74) is -0.741. The molecule has 0 amide bonds. The molecule has 0 N–H and O–H groups in total. The zero-order valence-electron chi connectivity index (χ0n) is 22.9. The second-order valence-corrected chi connectivity index (χ2v) is 12.4. The van der Waals surface area contributed by atoms with Crippen molar-refractivity contribution >= 4 is 21.9 Å². The van der Waals surface area contributed by atoms with Crippen molar-refractivity contribution in [1.29, 1.82) is 0 Å². The summed E-state index contributed by atoms with van der Waals surface area (Å²) in [6, 6.07) is 8.07. The van der Waals surface area contributed by atoms with Crippen LogP contribution in [-0.4, -0.2) is 66.2 Å². The van der Waals surface area contributed by atoms with Crippen molar-refractivity contribution in [2.45, 2.75) is 37.9 Å². The van der Waals surface area contributed by atoms with Gasteiger partial charge in [0, 0.05) is 32.6 Å². The molecular formula is C27H31F3N6O4S+. The number of fused-ring (bicyclic) bond motifs is 1. The summed E-state index contributed by atoms with van der Waals surface area (Å²) in [5.74, 6) is 0.267. The zero-order valence-corrected chi connectivity index (χ0v) is 23.7. The first-order valence-electron chi connectivity index (χ1n) is 13.1. The van der Waals surface area contributed by atoms with Gasteiger partial charge in [-0.3, -0.25) is 8.97 Å². The van der Waals surface area contributed by atoms with Crippen molar-refractivity contribution in [2.75, 3.05) is 33.6 Å². The second-order valence-electron chi connectivity index (χ2n) is 10.4. The van der Waals surface area contributed by atoms with Crippen LogP contribution in [0.4, 0.5) is 13.2 Å². The van der Waals surface area contributed by atoms with Crippen LogP contribution in [0.15, 0.2) is 57.7 Å². The highest BCUT2D eigenvalue weighted by Gasteiger charge is 2.42. The molecule has 10 nitrogen and oxygen atoms in total. The number of ether oxygens (including phenoxy) is 1. The lowest BCUT2D eigenvalue weighted by molar-refractivity contribution is -0.480. The number of imidazole rings is 1. The van der Waals surface area contributed by atoms with Gasteiger partial charge in [0.1, 0.15) is 0 Å². The molecule has 2 aromatic heterocycles. The Bertz CT molecular complexity index is 1670. The number of methoxy groups -OCH3 is 1. The molecule has 1 saturated carbocycles. The number of hydrogen-bond acceptors (Lipinski definition) is 6. The lowest BCUT2D eigenvalue weighted by Gasteiger charge is -2.34. The number of rotatable bonds is 10. The van der Waals surface area contributed by atoms with Crippen molar-refractivity contribution in [3.63, 3.8) is 0 Å². The van der Waals surface area contributed by atoms with Gasteiger partial charge in [-0.1, -0.05) is 18.6 Å². The smallest absolute Gasteiger partial charge is 0.383 e. The van der Waals surface area contributed by atoms with E-state index in [-0.39, 0.29) is 36.7 Å². The van der Waals surface area contributed by atoms with Gasteiger partial charge in [-0.2, -0.15) is 17.5 Å². The standard InChI is InChI=1S/C27H31F3N6O4S/c1-33-17-31-32-25(33)24(19-6-4-7-19)20-8-5-9-21(13-20)35-16-23-22(27(28,29)30)12-18(15-36(23)26(35)37)14-34(10-11-40-2)41(3,38)39/h5,8-9,12-13,15-17,19,24H,4,6-7,10-11,14H2,1-3H3/q+1/t24-/m1/s1. The summed E-state index contributed by atoms with van der Waals surface area (Å²) in [7, 11) is -0.493. The first-order chi connectivity index (χ1) is 19.4. The van der Waals surface area contributed by atoms with Crippen LogP contribution < -0.4 is 5.69 Å². The lowest BCUT2D eigenvalue weighted by atomic mass is 9.71. The van der Waals surface area contributed by atoms with E-state index in [1.807, 2.05) is 23.8 Å². The van der Waals surface area contributed by atoms with E-state index in [0.717, 1.165) is 52.0 Å². The van der Waals surface area contributed by atoms with Gasteiger partial charge in [0.05, 0.1) is 47.7 Å². The fraction of sp³-hybridized carbons (Fsp3) is 0.444. The normalized spacial score (nSPS) is 17.4. The maximum absolute atomic E-state index is 14.2. The molecule has 1 atom stereocenters. The molecule has 219 valence electrons. The van der Waals surface area contributed by atoms with Crippen LogP contribution in [0.25, 0.3) is 11.2 Å². The predicted molar refractivity (Wildman–Crippen MR) is 146 cm³/mol. The monoisotopic (exact) mass is 592 g/mol. The molecule has 0 bridgehead atoms. The minimum absolute atomic E-state index is 0.0206. The van der Waals surface area contributed by atoms with Crippen LogP contribution in [0, 0.1) is 12.1 Å². The van der Waals surface area contributed by atoms with Gasteiger partial charge in [0.2, 0.25) is 10.0 Å². The van der Waals surface area contributed by atoms with Gasteiger partial charge in [-0.25, -0.2) is 17.8 Å². The predicted octanol–water partition coefficient (Wildman–Crippen LogP) is 4.03. The Morgan fingerprint density at radius 1 is 1.22 bits per heavy atom. The van der Waals surface area contributed by atoms with Crippen LogP contribution >= 0.6 is 0 Å². The van der Waals surface area contributed by atoms with E-state index in [2.05, 4.69) is 10.2 Å². The highest BCUT2D eigenvalue weighted by Crippen LogP contribution is 2.46. The molecular weight excluding hydrogens is 561 g/mol. The van der Waals surface area contributed by atoms with Crippen molar-refractivity contribution in [3.05, 3.63) is 76.1 Å². The number of sulfonamides is 1. The first kappa shape index (κ1) is 29.1. The fourth-order valence-corrected chi connectivity index (χ4v) is 6.14. The van der Waals surface area contributed by atoms with E-state index in [1.54, 1.807) is 18.5 Å². The summed E-state index contributed by atoms with van der Waals surface area (Å²) >= 11 is 0. The number of aromatic nitrogens is 2. The Hall–Kier alpha value is -3.36. The van der Waals surface area contributed by atoms with Gasteiger partial charge >= 0.3 is 24.4 Å². The quantitative estimate of drug-likeness (QED) is 0.332. The van der Waals surface area contributed by atoms with Crippen molar-refractivity contribution in [3.8, 4) is 5.69 Å². The van der Waals surface area contributed by atoms with Gasteiger partial charge in [0.15, 0.2) is 0 Å². The third-order valence-electron chi connectivity index (χ3n) is 7.66. The Labute approximate surface area is 235 Å². The van der Waals surface area contributed by atoms with Gasteiger partial charge < -0.3 is 4.74 Å². The summed E-state index contributed by atoms with van der Waals surface area (Å²) in [4.78, 5) is 13.6. The third kappa shape index (κ3) is 5.86. The molecule has 5 rings (SSSR count). The number of likely N-dealkylation sites (N-methyl/N-ethyl adjacent to an activating group) is 1. The lowest BCUT2D eigenvalue weighted by Crippen LogP contribution is -2.33. The highest BCUT2D eigenvalue weighted by atomic mass is 32.2. The first-order valence-corrected chi connectivity index (χ1v) is 15.0. The molecule has 0 unspecified atom stereocenters. The summed E-state index contributed by atoms with van der Waals surface area (Å²) in [6.07, 6.45) is 4.18. The molecule has 3 aromatic rings. The number of azo groups is 1. The minimum Gasteiger partial charge on any atom is -0.383 e. The van der Waals surface area contributed by atoms with E-state index in [9.17, 15) is 26.4 Å². The Morgan fingerprint density at radius 3 is 2.56 bits per heavy atom. The molecule has 1 fully saturated rings. The molecule has 41 heavy (non-hydrogen) atoms. The number of pyridine rings is 1. The van der Waals surface area contributed by atoms with Gasteiger partial charge in [-0.15, -0.1) is 0 Å². The zero-order chi connectivity index (χ0) is 29.5. The SMILES string of the molecule is COCCN(Cc1cc(C(F)(F)F)c2cn(-c3cccc([C@H]([C]4N=NC=[N+]4C)C4CCC4)c3)c(=O)n2c1)S(C)(=O)=O. The van der Waals surface area contributed by atoms with Gasteiger partial charge in [-0.05, 0) is 53.2 Å². The van der Waals surface area contributed by atoms with E-state index in [1.165, 1.54) is 24.1 Å². The summed E-state index contributed by atoms with van der Waals surface area (Å²) in [6.45, 7) is -0.343. The average molecular weight is 593 g/mol. The minimum atomic E-state index is -4.79. The van der Waals surface area contributed by atoms with E-state index in [0.29, 0.717) is 11.6 Å². The molecule has 0 spiro atoms. The molecule has 1 radical (unpaired) electrons. The van der Waals surface area contributed by atoms with Gasteiger partial charge in [0.25, 0.3) is 0 Å². The van der Waals surface area contributed by atoms with Crippen molar-refractivity contribution in [1.82, 2.24) is 13.3 Å². The maximum atomic E-state index is 14.2. The molecule has 0 saturated heterocycles. The summed E-state index contributed by atoms with van der Waals surface area (Å²) in [5, 5.41) is 8.34. The number of hydrogen-bond donors (Lipinski definition) is 0. The molecule has 1 aromatic carbocycles. The molecule has 14 heteroatoms. The fourth-order valence-electron chi connectivity index (χ4n) is 5.35. The van der Waals surface area contributed by atoms with E-state index >= 15 is 0 Å². The average Bonchev–Trinajstić information content (AvgIpc) is 3.45. The van der Waals surface area contributed by atoms with Crippen LogP contribution in [0.5, 0.6) is 0 Å². The van der Waals surface area contributed by atoms with E-state index < -0.39 is 27.5 Å². The number of nitrogens with zero attached hydrogens (tertiary/aromatic N) is 6. The van der Waals surface area contributed by atoms with Crippen molar-refractivity contribution in [2.24, 2.45) is 16.1 Å². The second kappa shape index (κ2) is 11.1. The molecule has 2 aliphatic rings. The Morgan fingerprint density at radius 2 is 1.98 bits per heavy atom. The largest absolute Gasteiger partial charge is 0.418 e. The molecule has 1 aliphatic carbocycles.